The molecule has 2 aromatic rings. The van der Waals surface area contributed by atoms with Crippen molar-refractivity contribution in [1.29, 1.82) is 0 Å². The van der Waals surface area contributed by atoms with E-state index >= 15 is 0 Å². The zero-order valence-corrected chi connectivity index (χ0v) is 14.9. The van der Waals surface area contributed by atoms with E-state index in [4.69, 9.17) is 0 Å². The number of fused-ring (bicyclic) bond motifs is 1. The number of aryl methyl sites for hydroxylation is 1. The van der Waals surface area contributed by atoms with E-state index in [-0.39, 0.29) is 17.2 Å². The number of allylic oxidation sites excluding steroid dienone is 1. The van der Waals surface area contributed by atoms with Gasteiger partial charge >= 0.3 is 0 Å². The van der Waals surface area contributed by atoms with Crippen molar-refractivity contribution in [2.24, 2.45) is 0 Å². The number of carbonyl (C=O) groups is 1. The van der Waals surface area contributed by atoms with Gasteiger partial charge in [-0.05, 0) is 41.5 Å². The third-order valence-corrected chi connectivity index (χ3v) is 5.97. The fourth-order valence-electron chi connectivity index (χ4n) is 3.05. The minimum atomic E-state index is -3.79. The maximum atomic E-state index is 12.5. The van der Waals surface area contributed by atoms with Crippen molar-refractivity contribution in [3.05, 3.63) is 76.2 Å². The van der Waals surface area contributed by atoms with Crippen LogP contribution in [0.2, 0.25) is 0 Å². The van der Waals surface area contributed by atoms with E-state index in [1.165, 1.54) is 0 Å². The molecular weight excluding hydrogens is 334 g/mol. The summed E-state index contributed by atoms with van der Waals surface area (Å²) in [6.07, 6.45) is 2.87. The fraction of sp³-hybridized carbons (Fsp3) is 0.250. The van der Waals surface area contributed by atoms with Crippen LogP contribution in [0.15, 0.2) is 59.5 Å². The Hall–Kier alpha value is -2.40. The van der Waals surface area contributed by atoms with Crippen LogP contribution < -0.4 is 4.72 Å². The van der Waals surface area contributed by atoms with Gasteiger partial charge in [0.25, 0.3) is 10.0 Å². The molecule has 0 fully saturated rings. The zero-order chi connectivity index (χ0) is 17.9. The van der Waals surface area contributed by atoms with Gasteiger partial charge in [-0.3, -0.25) is 4.79 Å². The first-order valence-electron chi connectivity index (χ1n) is 8.35. The molecule has 1 N–H and O–H groups in total. The number of carbonyl (C=O) groups excluding carboxylic acids is 1. The maximum absolute atomic E-state index is 12.5. The lowest BCUT2D eigenvalue weighted by atomic mass is 9.98. The number of benzene rings is 2. The van der Waals surface area contributed by atoms with E-state index in [1.54, 1.807) is 6.08 Å². The highest BCUT2D eigenvalue weighted by Gasteiger charge is 2.24. The van der Waals surface area contributed by atoms with Gasteiger partial charge in [0.1, 0.15) is 0 Å². The molecule has 25 heavy (non-hydrogen) atoms. The maximum Gasteiger partial charge on any atom is 0.260 e. The number of hydrogen-bond donors (Lipinski definition) is 1. The van der Waals surface area contributed by atoms with E-state index in [9.17, 15) is 13.2 Å². The molecular formula is C20H21NO3S. The third-order valence-electron chi connectivity index (χ3n) is 4.47. The van der Waals surface area contributed by atoms with Crippen LogP contribution in [0.4, 0.5) is 0 Å². The van der Waals surface area contributed by atoms with Gasteiger partial charge in [-0.15, -0.1) is 0 Å². The molecule has 0 radical (unpaired) electrons. The first-order valence-corrected chi connectivity index (χ1v) is 9.83. The normalized spacial score (nSPS) is 15.0. The Kier molecular flexibility index (Phi) is 5.04. The molecule has 1 aliphatic rings. The molecule has 1 amide bonds. The summed E-state index contributed by atoms with van der Waals surface area (Å²) in [6, 6.07) is 17.3. The van der Waals surface area contributed by atoms with Gasteiger partial charge in [0.05, 0.1) is 4.91 Å². The van der Waals surface area contributed by atoms with E-state index < -0.39 is 15.9 Å². The molecule has 130 valence electrons. The number of sulfonamides is 1. The monoisotopic (exact) mass is 355 g/mol. The minimum absolute atomic E-state index is 0.0440. The largest absolute Gasteiger partial charge is 0.274 e. The summed E-state index contributed by atoms with van der Waals surface area (Å²) in [5.41, 5.74) is 3.05. The second-order valence-electron chi connectivity index (χ2n) is 6.35. The summed E-state index contributed by atoms with van der Waals surface area (Å²) in [5, 5.41) is 0. The lowest BCUT2D eigenvalue weighted by molar-refractivity contribution is -0.119. The van der Waals surface area contributed by atoms with Crippen molar-refractivity contribution < 1.29 is 13.2 Å². The van der Waals surface area contributed by atoms with Crippen LogP contribution in [-0.4, -0.2) is 14.3 Å². The van der Waals surface area contributed by atoms with Gasteiger partial charge in [0.15, 0.2) is 0 Å². The molecule has 0 saturated carbocycles. The minimum Gasteiger partial charge on any atom is -0.274 e. The van der Waals surface area contributed by atoms with E-state index in [2.05, 4.69) is 4.72 Å². The summed E-state index contributed by atoms with van der Waals surface area (Å²) < 4.78 is 27.3. The van der Waals surface area contributed by atoms with Gasteiger partial charge in [-0.2, -0.15) is 0 Å². The van der Waals surface area contributed by atoms with E-state index in [0.717, 1.165) is 16.7 Å². The van der Waals surface area contributed by atoms with Crippen molar-refractivity contribution in [1.82, 2.24) is 4.72 Å². The Balaban J connectivity index is 1.70. The molecule has 0 saturated heterocycles. The fourth-order valence-corrected chi connectivity index (χ4v) is 4.22. The standard InChI is InChI=1S/C20H21NO3S/c1-15(16-7-3-2-4-8-16)13-20(22)21-25(23,24)19-12-11-17-9-5-6-10-18(17)14-19/h2-10,14-15H,11-13H2,1H3,(H,21,22). The predicted octanol–water partition coefficient (Wildman–Crippen LogP) is 3.61. The van der Waals surface area contributed by atoms with Crippen LogP contribution in [0.3, 0.4) is 0 Å². The number of rotatable bonds is 5. The van der Waals surface area contributed by atoms with Gasteiger partial charge in [0.2, 0.25) is 5.91 Å². The van der Waals surface area contributed by atoms with Gasteiger partial charge in [0, 0.05) is 6.42 Å². The average Bonchev–Trinajstić information content (AvgIpc) is 2.61. The van der Waals surface area contributed by atoms with Crippen LogP contribution in [0, 0.1) is 0 Å². The molecule has 1 atom stereocenters. The van der Waals surface area contributed by atoms with Gasteiger partial charge in [-0.1, -0.05) is 61.5 Å². The smallest absolute Gasteiger partial charge is 0.260 e. The van der Waals surface area contributed by atoms with Crippen molar-refractivity contribution in [3.8, 4) is 0 Å². The van der Waals surface area contributed by atoms with Crippen LogP contribution in [0.25, 0.3) is 6.08 Å². The predicted molar refractivity (Wildman–Crippen MR) is 99.3 cm³/mol. The van der Waals surface area contributed by atoms with Gasteiger partial charge in [-0.25, -0.2) is 13.1 Å². The summed E-state index contributed by atoms with van der Waals surface area (Å²) >= 11 is 0. The molecule has 1 aliphatic carbocycles. The van der Waals surface area contributed by atoms with Crippen molar-refractivity contribution in [3.63, 3.8) is 0 Å². The first-order chi connectivity index (χ1) is 12.0. The Morgan fingerprint density at radius 1 is 1.04 bits per heavy atom. The lowest BCUT2D eigenvalue weighted by Gasteiger charge is -2.18. The van der Waals surface area contributed by atoms with Crippen molar-refractivity contribution >= 4 is 22.0 Å². The second-order valence-corrected chi connectivity index (χ2v) is 8.09. The summed E-state index contributed by atoms with van der Waals surface area (Å²) in [5.74, 6) is -0.520. The molecule has 0 spiro atoms. The summed E-state index contributed by atoms with van der Waals surface area (Å²) in [6.45, 7) is 1.91. The lowest BCUT2D eigenvalue weighted by Crippen LogP contribution is -2.32. The van der Waals surface area contributed by atoms with Crippen LogP contribution in [0.1, 0.15) is 42.4 Å². The molecule has 0 aromatic heterocycles. The molecule has 1 unspecified atom stereocenters. The molecule has 4 nitrogen and oxygen atoms in total. The summed E-state index contributed by atoms with van der Waals surface area (Å²) in [7, 11) is -3.79. The molecule has 0 heterocycles. The highest BCUT2D eigenvalue weighted by Crippen LogP contribution is 2.26. The SMILES string of the molecule is CC(CC(=O)NS(=O)(=O)C1=Cc2ccccc2CC1)c1ccccc1. The van der Waals surface area contributed by atoms with E-state index in [0.29, 0.717) is 12.8 Å². The van der Waals surface area contributed by atoms with Crippen molar-refractivity contribution in [2.45, 2.75) is 32.1 Å². The third kappa shape index (κ3) is 4.17. The van der Waals surface area contributed by atoms with Crippen LogP contribution in [-0.2, 0) is 21.2 Å². The molecule has 0 aliphatic heterocycles. The number of hydrogen-bond acceptors (Lipinski definition) is 3. The van der Waals surface area contributed by atoms with Gasteiger partial charge < -0.3 is 0 Å². The molecule has 0 bridgehead atoms. The van der Waals surface area contributed by atoms with Crippen molar-refractivity contribution in [2.75, 3.05) is 0 Å². The zero-order valence-electron chi connectivity index (χ0n) is 14.1. The van der Waals surface area contributed by atoms with E-state index in [1.807, 2.05) is 61.5 Å². The van der Waals surface area contributed by atoms with Crippen LogP contribution >= 0.6 is 0 Å². The molecule has 2 aromatic carbocycles. The second kappa shape index (κ2) is 7.23. The molecule has 5 heteroatoms. The topological polar surface area (TPSA) is 63.2 Å². The highest BCUT2D eigenvalue weighted by atomic mass is 32.2. The first kappa shape index (κ1) is 17.4. The Bertz CT molecular complexity index is 902. The Labute approximate surface area is 148 Å². The highest BCUT2D eigenvalue weighted by molar-refractivity contribution is 7.94. The quantitative estimate of drug-likeness (QED) is 0.891. The van der Waals surface area contributed by atoms with Crippen LogP contribution in [0.5, 0.6) is 0 Å². The number of amides is 1. The Morgan fingerprint density at radius 3 is 2.48 bits per heavy atom. The number of nitrogens with one attached hydrogen (secondary N) is 1. The summed E-state index contributed by atoms with van der Waals surface area (Å²) in [4.78, 5) is 12.5. The Morgan fingerprint density at radius 2 is 1.72 bits per heavy atom. The molecule has 3 rings (SSSR count). The average molecular weight is 355 g/mol.